The van der Waals surface area contributed by atoms with Crippen molar-refractivity contribution < 1.29 is 9.59 Å². The summed E-state index contributed by atoms with van der Waals surface area (Å²) < 4.78 is 0. The molecule has 0 atom stereocenters. The summed E-state index contributed by atoms with van der Waals surface area (Å²) in [4.78, 5) is 23.9. The van der Waals surface area contributed by atoms with Gasteiger partial charge in [0.1, 0.15) is 0 Å². The van der Waals surface area contributed by atoms with Crippen LogP contribution < -0.4 is 5.32 Å². The quantitative estimate of drug-likeness (QED) is 0.646. The van der Waals surface area contributed by atoms with Crippen molar-refractivity contribution in [2.24, 2.45) is 0 Å². The minimum atomic E-state index is -0.0299. The van der Waals surface area contributed by atoms with E-state index in [0.29, 0.717) is 13.0 Å². The van der Waals surface area contributed by atoms with E-state index in [4.69, 9.17) is 0 Å². The summed E-state index contributed by atoms with van der Waals surface area (Å²) in [7, 11) is 0. The third-order valence-electron chi connectivity index (χ3n) is 2.33. The second-order valence-corrected chi connectivity index (χ2v) is 3.44. The molecule has 4 nitrogen and oxygen atoms in total. The second kappa shape index (κ2) is 5.62. The van der Waals surface area contributed by atoms with E-state index in [1.165, 1.54) is 0 Å². The average molecular weight is 197 g/mol. The summed E-state index contributed by atoms with van der Waals surface area (Å²) in [6, 6.07) is 0. The van der Waals surface area contributed by atoms with Crippen LogP contribution in [0.2, 0.25) is 0 Å². The number of hydrogen-bond donors (Lipinski definition) is 1. The first-order valence-electron chi connectivity index (χ1n) is 5.07. The molecule has 0 unspecified atom stereocenters. The first-order chi connectivity index (χ1) is 6.74. The number of hydrogen-bond acceptors (Lipinski definition) is 2. The normalized spacial score (nSPS) is 16.1. The van der Waals surface area contributed by atoms with Gasteiger partial charge in [0, 0.05) is 32.5 Å². The Morgan fingerprint density at radius 2 is 2.36 bits per heavy atom. The molecule has 1 radical (unpaired) electrons. The van der Waals surface area contributed by atoms with Gasteiger partial charge in [-0.25, -0.2) is 0 Å². The van der Waals surface area contributed by atoms with Gasteiger partial charge in [-0.05, 0) is 19.8 Å². The zero-order chi connectivity index (χ0) is 10.4. The van der Waals surface area contributed by atoms with Crippen LogP contribution in [0.25, 0.3) is 0 Å². The predicted molar refractivity (Wildman–Crippen MR) is 53.4 cm³/mol. The molecule has 1 aliphatic rings. The van der Waals surface area contributed by atoms with Crippen molar-refractivity contribution in [1.29, 1.82) is 0 Å². The van der Waals surface area contributed by atoms with Crippen LogP contribution in [0.3, 0.4) is 0 Å². The molecule has 1 saturated heterocycles. The number of rotatable bonds is 5. The van der Waals surface area contributed by atoms with E-state index in [9.17, 15) is 9.59 Å². The van der Waals surface area contributed by atoms with Crippen molar-refractivity contribution in [2.75, 3.05) is 19.6 Å². The Morgan fingerprint density at radius 3 is 2.93 bits per heavy atom. The van der Waals surface area contributed by atoms with Crippen LogP contribution in [0.5, 0.6) is 0 Å². The Labute approximate surface area is 84.7 Å². The number of likely N-dealkylation sites (tertiary alicyclic amines) is 1. The van der Waals surface area contributed by atoms with Crippen LogP contribution in [-0.4, -0.2) is 36.3 Å². The van der Waals surface area contributed by atoms with Gasteiger partial charge < -0.3 is 10.2 Å². The van der Waals surface area contributed by atoms with Gasteiger partial charge in [-0.1, -0.05) is 0 Å². The summed E-state index contributed by atoms with van der Waals surface area (Å²) in [5, 5.41) is 2.73. The van der Waals surface area contributed by atoms with Crippen molar-refractivity contribution in [3.8, 4) is 0 Å². The minimum absolute atomic E-state index is 0.0299. The standard InChI is InChI=1S/C10H17N2O2/c1-2-9(13)11-6-4-8-12-7-3-5-10(12)14/h1-8H2,(H,11,13). The molecule has 0 aromatic heterocycles. The zero-order valence-electron chi connectivity index (χ0n) is 8.42. The largest absolute Gasteiger partial charge is 0.356 e. The van der Waals surface area contributed by atoms with Crippen molar-refractivity contribution >= 4 is 11.8 Å². The summed E-state index contributed by atoms with van der Waals surface area (Å²) in [5.74, 6) is 0.214. The van der Waals surface area contributed by atoms with E-state index < -0.39 is 0 Å². The van der Waals surface area contributed by atoms with E-state index in [-0.39, 0.29) is 18.2 Å². The molecule has 4 heteroatoms. The Morgan fingerprint density at radius 1 is 1.57 bits per heavy atom. The second-order valence-electron chi connectivity index (χ2n) is 3.44. The van der Waals surface area contributed by atoms with E-state index in [0.717, 1.165) is 25.9 Å². The fourth-order valence-electron chi connectivity index (χ4n) is 1.53. The molecule has 1 heterocycles. The number of amides is 2. The Balaban J connectivity index is 2.03. The van der Waals surface area contributed by atoms with Gasteiger partial charge in [0.25, 0.3) is 0 Å². The van der Waals surface area contributed by atoms with Crippen LogP contribution in [0.4, 0.5) is 0 Å². The first kappa shape index (κ1) is 11.0. The van der Waals surface area contributed by atoms with Gasteiger partial charge in [-0.2, -0.15) is 0 Å². The van der Waals surface area contributed by atoms with Crippen LogP contribution in [-0.2, 0) is 9.59 Å². The summed E-state index contributed by atoms with van der Waals surface area (Å²) in [6.45, 7) is 5.75. The summed E-state index contributed by atoms with van der Waals surface area (Å²) >= 11 is 0. The lowest BCUT2D eigenvalue weighted by Crippen LogP contribution is -2.30. The molecule has 0 aromatic carbocycles. The van der Waals surface area contributed by atoms with E-state index in [2.05, 4.69) is 12.2 Å². The Kier molecular flexibility index (Phi) is 4.43. The van der Waals surface area contributed by atoms with Crippen molar-refractivity contribution in [3.05, 3.63) is 6.92 Å². The number of carbonyl (C=O) groups excluding carboxylic acids is 2. The lowest BCUT2D eigenvalue weighted by molar-refractivity contribution is -0.127. The molecule has 0 saturated carbocycles. The molecule has 0 bridgehead atoms. The molecule has 1 aliphatic heterocycles. The molecule has 1 fully saturated rings. The van der Waals surface area contributed by atoms with Crippen molar-refractivity contribution in [1.82, 2.24) is 10.2 Å². The van der Waals surface area contributed by atoms with Gasteiger partial charge in [-0.3, -0.25) is 9.59 Å². The highest BCUT2D eigenvalue weighted by atomic mass is 16.2. The topological polar surface area (TPSA) is 49.4 Å². The molecule has 1 rings (SSSR count). The zero-order valence-corrected chi connectivity index (χ0v) is 8.42. The fraction of sp³-hybridized carbons (Fsp3) is 0.700. The smallest absolute Gasteiger partial charge is 0.222 e. The highest BCUT2D eigenvalue weighted by molar-refractivity contribution is 5.78. The number of carbonyl (C=O) groups is 2. The van der Waals surface area contributed by atoms with Crippen LogP contribution in [0.1, 0.15) is 25.7 Å². The van der Waals surface area contributed by atoms with Crippen LogP contribution in [0, 0.1) is 6.92 Å². The highest BCUT2D eigenvalue weighted by Gasteiger charge is 2.18. The van der Waals surface area contributed by atoms with Gasteiger partial charge in [-0.15, -0.1) is 0 Å². The predicted octanol–water partition coefficient (Wildman–Crippen LogP) is 0.339. The van der Waals surface area contributed by atoms with Crippen molar-refractivity contribution in [2.45, 2.75) is 25.7 Å². The maximum atomic E-state index is 11.2. The summed E-state index contributed by atoms with van der Waals surface area (Å²) in [6.07, 6.45) is 2.77. The molecule has 0 aliphatic carbocycles. The highest BCUT2D eigenvalue weighted by Crippen LogP contribution is 2.09. The SMILES string of the molecule is [CH2]CC(=O)NCCCN1CCCC1=O. The lowest BCUT2D eigenvalue weighted by atomic mass is 10.3. The van der Waals surface area contributed by atoms with Crippen molar-refractivity contribution in [3.63, 3.8) is 0 Å². The maximum absolute atomic E-state index is 11.2. The lowest BCUT2D eigenvalue weighted by Gasteiger charge is -2.14. The number of nitrogens with one attached hydrogen (secondary N) is 1. The van der Waals surface area contributed by atoms with Gasteiger partial charge >= 0.3 is 0 Å². The number of nitrogens with zero attached hydrogens (tertiary/aromatic N) is 1. The Hall–Kier alpha value is -1.06. The molecule has 79 valence electrons. The molecule has 14 heavy (non-hydrogen) atoms. The maximum Gasteiger partial charge on any atom is 0.222 e. The molecule has 0 spiro atoms. The molecule has 1 N–H and O–H groups in total. The van der Waals surface area contributed by atoms with E-state index in [1.807, 2.05) is 4.90 Å². The van der Waals surface area contributed by atoms with E-state index in [1.54, 1.807) is 0 Å². The van der Waals surface area contributed by atoms with Crippen LogP contribution >= 0.6 is 0 Å². The first-order valence-corrected chi connectivity index (χ1v) is 5.07. The van der Waals surface area contributed by atoms with Crippen LogP contribution in [0.15, 0.2) is 0 Å². The summed E-state index contributed by atoms with van der Waals surface area (Å²) in [5.41, 5.74) is 0. The van der Waals surface area contributed by atoms with E-state index >= 15 is 0 Å². The average Bonchev–Trinajstić information content (AvgIpc) is 2.58. The van der Waals surface area contributed by atoms with Gasteiger partial charge in [0.05, 0.1) is 0 Å². The molecular weight excluding hydrogens is 180 g/mol. The third-order valence-corrected chi connectivity index (χ3v) is 2.33. The molecule has 0 aromatic rings. The third kappa shape index (κ3) is 3.36. The fourth-order valence-corrected chi connectivity index (χ4v) is 1.53. The molecule has 2 amide bonds. The Bertz CT molecular complexity index is 216. The monoisotopic (exact) mass is 197 g/mol. The van der Waals surface area contributed by atoms with Gasteiger partial charge in [0.15, 0.2) is 0 Å². The van der Waals surface area contributed by atoms with Gasteiger partial charge in [0.2, 0.25) is 11.8 Å². The molecular formula is C10H17N2O2. The minimum Gasteiger partial charge on any atom is -0.356 e.